The Balaban J connectivity index is 2.24. The van der Waals surface area contributed by atoms with Gasteiger partial charge in [0.1, 0.15) is 5.60 Å². The number of H-pyrrole nitrogens is 1. The molecule has 0 saturated carbocycles. The monoisotopic (exact) mass is 248 g/mol. The van der Waals surface area contributed by atoms with Crippen LogP contribution < -0.4 is 5.32 Å². The van der Waals surface area contributed by atoms with Crippen LogP contribution in [0.1, 0.15) is 20.8 Å². The molecule has 0 fully saturated rings. The Hall–Kier alpha value is -2.17. The lowest BCUT2D eigenvalue weighted by molar-refractivity contribution is 0.0636. The van der Waals surface area contributed by atoms with Crippen LogP contribution in [0.25, 0.3) is 10.9 Å². The van der Waals surface area contributed by atoms with Crippen LogP contribution in [-0.4, -0.2) is 21.8 Å². The molecule has 18 heavy (non-hydrogen) atoms. The number of carbonyl (C=O) groups is 1. The summed E-state index contributed by atoms with van der Waals surface area (Å²) in [6.45, 7) is 5.40. The van der Waals surface area contributed by atoms with Gasteiger partial charge in [0.15, 0.2) is 5.88 Å². The Morgan fingerprint density at radius 1 is 1.39 bits per heavy atom. The van der Waals surface area contributed by atoms with Gasteiger partial charge in [-0.05, 0) is 32.9 Å². The van der Waals surface area contributed by atoms with Gasteiger partial charge in [-0.25, -0.2) is 4.79 Å². The minimum Gasteiger partial charge on any atom is -0.495 e. The zero-order chi connectivity index (χ0) is 13.3. The largest absolute Gasteiger partial charge is 0.495 e. The van der Waals surface area contributed by atoms with E-state index in [0.29, 0.717) is 5.69 Å². The molecule has 0 aliphatic carbocycles. The third-order valence-corrected chi connectivity index (χ3v) is 2.29. The van der Waals surface area contributed by atoms with E-state index in [2.05, 4.69) is 10.3 Å². The van der Waals surface area contributed by atoms with E-state index in [0.717, 1.165) is 10.9 Å². The zero-order valence-electron chi connectivity index (χ0n) is 10.6. The molecule has 5 heteroatoms. The van der Waals surface area contributed by atoms with Crippen LogP contribution in [-0.2, 0) is 4.74 Å². The summed E-state index contributed by atoms with van der Waals surface area (Å²) >= 11 is 0. The molecule has 0 atom stereocenters. The molecule has 0 spiro atoms. The summed E-state index contributed by atoms with van der Waals surface area (Å²) < 4.78 is 5.17. The first-order chi connectivity index (χ1) is 8.35. The average Bonchev–Trinajstić information content (AvgIpc) is 2.56. The highest BCUT2D eigenvalue weighted by molar-refractivity contribution is 5.99. The highest BCUT2D eigenvalue weighted by atomic mass is 16.6. The summed E-state index contributed by atoms with van der Waals surface area (Å²) in [5, 5.41) is 12.8. The molecule has 2 rings (SSSR count). The maximum atomic E-state index is 11.7. The number of nitrogens with one attached hydrogen (secondary N) is 2. The molecule has 3 N–H and O–H groups in total. The second-order valence-corrected chi connectivity index (χ2v) is 5.05. The van der Waals surface area contributed by atoms with Crippen molar-refractivity contribution in [1.29, 1.82) is 0 Å². The van der Waals surface area contributed by atoms with Crippen molar-refractivity contribution in [2.24, 2.45) is 0 Å². The van der Waals surface area contributed by atoms with E-state index in [1.165, 1.54) is 0 Å². The number of aromatic nitrogens is 1. The summed E-state index contributed by atoms with van der Waals surface area (Å²) in [5.74, 6) is 0.0587. The van der Waals surface area contributed by atoms with E-state index >= 15 is 0 Å². The Kier molecular flexibility index (Phi) is 2.90. The zero-order valence-corrected chi connectivity index (χ0v) is 10.6. The van der Waals surface area contributed by atoms with Gasteiger partial charge in [0.2, 0.25) is 0 Å². The summed E-state index contributed by atoms with van der Waals surface area (Å²) in [7, 11) is 0. The highest BCUT2D eigenvalue weighted by Gasteiger charge is 2.17. The van der Waals surface area contributed by atoms with Crippen LogP contribution in [0.2, 0.25) is 0 Å². The van der Waals surface area contributed by atoms with E-state index in [-0.39, 0.29) is 5.88 Å². The minimum absolute atomic E-state index is 0.0587. The van der Waals surface area contributed by atoms with Crippen LogP contribution in [0.3, 0.4) is 0 Å². The second-order valence-electron chi connectivity index (χ2n) is 5.05. The number of fused-ring (bicyclic) bond motifs is 1. The second kappa shape index (κ2) is 4.25. The van der Waals surface area contributed by atoms with Crippen molar-refractivity contribution in [1.82, 2.24) is 4.98 Å². The van der Waals surface area contributed by atoms with E-state index in [1.54, 1.807) is 39.0 Å². The number of rotatable bonds is 1. The number of carbonyl (C=O) groups excluding carboxylic acids is 1. The van der Waals surface area contributed by atoms with Crippen molar-refractivity contribution in [3.63, 3.8) is 0 Å². The Morgan fingerprint density at radius 2 is 2.11 bits per heavy atom. The molecule has 0 aliphatic rings. The first-order valence-corrected chi connectivity index (χ1v) is 5.66. The molecule has 2 aromatic rings. The molecule has 1 heterocycles. The van der Waals surface area contributed by atoms with Gasteiger partial charge in [0.05, 0.1) is 11.2 Å². The van der Waals surface area contributed by atoms with Crippen LogP contribution in [0.15, 0.2) is 24.3 Å². The molecule has 96 valence electrons. The molecule has 0 unspecified atom stereocenters. The lowest BCUT2D eigenvalue weighted by Gasteiger charge is -2.19. The topological polar surface area (TPSA) is 74.3 Å². The van der Waals surface area contributed by atoms with Crippen molar-refractivity contribution in [2.75, 3.05) is 5.32 Å². The fourth-order valence-corrected chi connectivity index (χ4v) is 1.66. The van der Waals surface area contributed by atoms with Gasteiger partial charge in [-0.15, -0.1) is 0 Å². The first-order valence-electron chi connectivity index (χ1n) is 5.66. The van der Waals surface area contributed by atoms with E-state index in [1.807, 2.05) is 6.07 Å². The molecular formula is C13H16N2O3. The molecule has 0 aliphatic heterocycles. The number of benzene rings is 1. The minimum atomic E-state index is -0.543. The first kappa shape index (κ1) is 12.3. The average molecular weight is 248 g/mol. The lowest BCUT2D eigenvalue weighted by atomic mass is 10.2. The Bertz CT molecular complexity index is 581. The van der Waals surface area contributed by atoms with Crippen molar-refractivity contribution >= 4 is 22.7 Å². The third kappa shape index (κ3) is 2.74. The number of amides is 1. The van der Waals surface area contributed by atoms with Crippen molar-refractivity contribution < 1.29 is 14.6 Å². The summed E-state index contributed by atoms with van der Waals surface area (Å²) in [6.07, 6.45) is -0.518. The molecule has 0 saturated heterocycles. The molecule has 5 nitrogen and oxygen atoms in total. The number of aromatic amines is 1. The number of hydrogen-bond acceptors (Lipinski definition) is 3. The van der Waals surface area contributed by atoms with Crippen molar-refractivity contribution in [3.8, 4) is 5.88 Å². The van der Waals surface area contributed by atoms with Gasteiger partial charge in [-0.1, -0.05) is 6.07 Å². The standard InChI is InChI=1S/C13H16N2O3/c1-13(2,3)18-12(17)15-10-6-4-5-9-8(10)7-11(16)14-9/h4-7,14,16H,1-3H3,(H,15,17). The quantitative estimate of drug-likeness (QED) is 0.725. The number of ether oxygens (including phenoxy) is 1. The summed E-state index contributed by atoms with van der Waals surface area (Å²) in [5.41, 5.74) is 0.803. The van der Waals surface area contributed by atoms with Gasteiger partial charge in [-0.2, -0.15) is 0 Å². The van der Waals surface area contributed by atoms with Crippen molar-refractivity contribution in [3.05, 3.63) is 24.3 Å². The number of anilines is 1. The SMILES string of the molecule is CC(C)(C)OC(=O)Nc1cccc2[nH]c(O)cc12. The third-order valence-electron chi connectivity index (χ3n) is 2.29. The molecule has 1 amide bonds. The van der Waals surface area contributed by atoms with Gasteiger partial charge in [0.25, 0.3) is 0 Å². The van der Waals surface area contributed by atoms with Crippen molar-refractivity contribution in [2.45, 2.75) is 26.4 Å². The van der Waals surface area contributed by atoms with Gasteiger partial charge >= 0.3 is 6.09 Å². The molecule has 0 bridgehead atoms. The summed E-state index contributed by atoms with van der Waals surface area (Å²) in [6, 6.07) is 6.90. The predicted octanol–water partition coefficient (Wildman–Crippen LogP) is 3.22. The maximum absolute atomic E-state index is 11.7. The van der Waals surface area contributed by atoms with Gasteiger partial charge < -0.3 is 14.8 Å². The van der Waals surface area contributed by atoms with E-state index in [9.17, 15) is 9.90 Å². The lowest BCUT2D eigenvalue weighted by Crippen LogP contribution is -2.27. The fourth-order valence-electron chi connectivity index (χ4n) is 1.66. The Morgan fingerprint density at radius 3 is 2.78 bits per heavy atom. The molecule has 1 aromatic heterocycles. The summed E-state index contributed by atoms with van der Waals surface area (Å²) in [4.78, 5) is 14.5. The number of aromatic hydroxyl groups is 1. The van der Waals surface area contributed by atoms with Crippen LogP contribution in [0.4, 0.5) is 10.5 Å². The van der Waals surface area contributed by atoms with Gasteiger partial charge in [0, 0.05) is 11.5 Å². The smallest absolute Gasteiger partial charge is 0.412 e. The van der Waals surface area contributed by atoms with Crippen LogP contribution in [0.5, 0.6) is 5.88 Å². The normalized spacial score (nSPS) is 11.5. The molecule has 0 radical (unpaired) electrons. The Labute approximate surface area is 105 Å². The van der Waals surface area contributed by atoms with Gasteiger partial charge in [-0.3, -0.25) is 5.32 Å². The molecular weight excluding hydrogens is 232 g/mol. The highest BCUT2D eigenvalue weighted by Crippen LogP contribution is 2.27. The maximum Gasteiger partial charge on any atom is 0.412 e. The van der Waals surface area contributed by atoms with E-state index < -0.39 is 11.7 Å². The van der Waals surface area contributed by atoms with E-state index in [4.69, 9.17) is 4.74 Å². The van der Waals surface area contributed by atoms with Crippen LogP contribution >= 0.6 is 0 Å². The number of hydrogen-bond donors (Lipinski definition) is 3. The molecule has 1 aromatic carbocycles. The van der Waals surface area contributed by atoms with Crippen LogP contribution in [0, 0.1) is 0 Å². The fraction of sp³-hybridized carbons (Fsp3) is 0.308. The predicted molar refractivity (Wildman–Crippen MR) is 69.8 cm³/mol.